The average molecular weight is 401 g/mol. The van der Waals surface area contributed by atoms with Gasteiger partial charge in [-0.1, -0.05) is 6.42 Å². The number of amides is 1. The summed E-state index contributed by atoms with van der Waals surface area (Å²) in [4.78, 5) is 25.0. The number of likely N-dealkylation sites (N-methyl/N-ethyl adjacent to an activating group) is 1. The molecule has 0 aliphatic carbocycles. The number of fused-ring (bicyclic) bond motifs is 1. The number of anilines is 1. The molecule has 0 radical (unpaired) electrons. The van der Waals surface area contributed by atoms with Crippen LogP contribution in [0.5, 0.6) is 0 Å². The number of nitrogens with zero attached hydrogens (tertiary/aromatic N) is 4. The van der Waals surface area contributed by atoms with Gasteiger partial charge in [-0.05, 0) is 44.4 Å². The minimum Gasteiger partial charge on any atom is -0.388 e. The lowest BCUT2D eigenvalue weighted by Gasteiger charge is -2.41. The summed E-state index contributed by atoms with van der Waals surface area (Å²) in [5, 5.41) is 12.1. The Morgan fingerprint density at radius 1 is 1.31 bits per heavy atom. The van der Waals surface area contributed by atoms with Crippen LogP contribution in [0.25, 0.3) is 10.9 Å². The lowest BCUT2D eigenvalue weighted by Crippen LogP contribution is -2.53. The van der Waals surface area contributed by atoms with Gasteiger partial charge in [0.05, 0.1) is 17.2 Å². The number of carbonyl (C=O) groups excluding carboxylic acids is 1. The molecule has 1 atom stereocenters. The van der Waals surface area contributed by atoms with Gasteiger partial charge >= 0.3 is 0 Å². The van der Waals surface area contributed by atoms with E-state index in [1.165, 1.54) is 0 Å². The molecule has 1 saturated heterocycles. The highest BCUT2D eigenvalue weighted by Gasteiger charge is 2.35. The quantitative estimate of drug-likeness (QED) is 0.562. The second-order valence-electron chi connectivity index (χ2n) is 8.02. The van der Waals surface area contributed by atoms with Crippen molar-refractivity contribution in [1.29, 1.82) is 0 Å². The van der Waals surface area contributed by atoms with E-state index in [0.29, 0.717) is 45.4 Å². The van der Waals surface area contributed by atoms with Gasteiger partial charge in [-0.15, -0.1) is 0 Å². The smallest absolute Gasteiger partial charge is 0.239 e. The summed E-state index contributed by atoms with van der Waals surface area (Å²) in [5.41, 5.74) is 12.6. The van der Waals surface area contributed by atoms with E-state index in [1.54, 1.807) is 24.3 Å². The van der Waals surface area contributed by atoms with Crippen molar-refractivity contribution in [3.8, 4) is 0 Å². The zero-order valence-electron chi connectivity index (χ0n) is 17.1. The molecule has 1 amide bonds. The fraction of sp³-hybridized carbons (Fsp3) is 0.571. The van der Waals surface area contributed by atoms with Crippen molar-refractivity contribution < 1.29 is 9.90 Å². The van der Waals surface area contributed by atoms with Crippen LogP contribution in [0.2, 0.25) is 0 Å². The van der Waals surface area contributed by atoms with Crippen LogP contribution in [-0.4, -0.2) is 70.8 Å². The lowest BCUT2D eigenvalue weighted by atomic mass is 9.90. The van der Waals surface area contributed by atoms with Gasteiger partial charge in [0.1, 0.15) is 0 Å². The molecule has 2 aromatic rings. The summed E-state index contributed by atoms with van der Waals surface area (Å²) in [7, 11) is 1.72. The van der Waals surface area contributed by atoms with Crippen molar-refractivity contribution in [3.05, 3.63) is 30.7 Å². The van der Waals surface area contributed by atoms with Gasteiger partial charge in [0, 0.05) is 56.3 Å². The standard InChI is InChI=1S/C21H32N6O2/c1-26(20(28)17(23)4-2-3-9-22)15-21(29)7-12-27(13-8-21)19-6-11-25-18-5-10-24-14-16(18)19/h5-6,10-11,14,17,29H,2-4,7-9,12-13,15,22-23H2,1H3/t17-/m0/s1. The van der Waals surface area contributed by atoms with E-state index in [4.69, 9.17) is 11.5 Å². The summed E-state index contributed by atoms with van der Waals surface area (Å²) in [5.74, 6) is -0.121. The fourth-order valence-corrected chi connectivity index (χ4v) is 4.01. The molecular formula is C21H32N6O2. The summed E-state index contributed by atoms with van der Waals surface area (Å²) < 4.78 is 0. The van der Waals surface area contributed by atoms with Crippen LogP contribution in [0.4, 0.5) is 5.69 Å². The number of aromatic nitrogens is 2. The third kappa shape index (κ3) is 5.20. The van der Waals surface area contributed by atoms with Crippen LogP contribution >= 0.6 is 0 Å². The summed E-state index contributed by atoms with van der Waals surface area (Å²) in [6.45, 7) is 2.31. The maximum Gasteiger partial charge on any atom is 0.239 e. The third-order valence-electron chi connectivity index (χ3n) is 5.75. The molecule has 1 fully saturated rings. The Balaban J connectivity index is 1.58. The maximum atomic E-state index is 12.5. The van der Waals surface area contributed by atoms with Crippen molar-refractivity contribution in [2.45, 2.75) is 43.7 Å². The molecule has 3 rings (SSSR count). The number of piperidine rings is 1. The SMILES string of the molecule is CN(CC1(O)CCN(c2ccnc3ccncc23)CC1)C(=O)[C@@H](N)CCCCN. The Kier molecular flexibility index (Phi) is 7.00. The molecule has 5 N–H and O–H groups in total. The largest absolute Gasteiger partial charge is 0.388 e. The molecule has 2 aromatic heterocycles. The average Bonchev–Trinajstić information content (AvgIpc) is 2.73. The Hall–Kier alpha value is -2.29. The van der Waals surface area contributed by atoms with Crippen molar-refractivity contribution in [2.75, 3.05) is 38.1 Å². The Morgan fingerprint density at radius 3 is 2.79 bits per heavy atom. The van der Waals surface area contributed by atoms with Crippen LogP contribution in [0.1, 0.15) is 32.1 Å². The van der Waals surface area contributed by atoms with Crippen molar-refractivity contribution in [2.24, 2.45) is 11.5 Å². The fourth-order valence-electron chi connectivity index (χ4n) is 4.01. The highest BCUT2D eigenvalue weighted by Crippen LogP contribution is 2.30. The molecule has 0 unspecified atom stereocenters. The first-order valence-corrected chi connectivity index (χ1v) is 10.3. The Morgan fingerprint density at radius 2 is 2.07 bits per heavy atom. The van der Waals surface area contributed by atoms with Gasteiger partial charge in [-0.25, -0.2) is 0 Å². The van der Waals surface area contributed by atoms with Crippen LogP contribution in [-0.2, 0) is 4.79 Å². The molecule has 158 valence electrons. The molecule has 1 aliphatic heterocycles. The molecule has 1 aliphatic rings. The highest BCUT2D eigenvalue weighted by atomic mass is 16.3. The predicted octanol–water partition coefficient (Wildman–Crippen LogP) is 0.876. The third-order valence-corrected chi connectivity index (χ3v) is 5.75. The number of nitrogens with two attached hydrogens (primary N) is 2. The minimum absolute atomic E-state index is 0.121. The number of carbonyl (C=O) groups is 1. The number of pyridine rings is 2. The number of hydrogen-bond acceptors (Lipinski definition) is 7. The second-order valence-corrected chi connectivity index (χ2v) is 8.02. The van der Waals surface area contributed by atoms with Crippen LogP contribution in [0.3, 0.4) is 0 Å². The van der Waals surface area contributed by atoms with Gasteiger partial charge in [-0.2, -0.15) is 0 Å². The molecule has 0 bridgehead atoms. The molecule has 29 heavy (non-hydrogen) atoms. The zero-order valence-corrected chi connectivity index (χ0v) is 17.1. The zero-order chi connectivity index (χ0) is 20.9. The molecule has 3 heterocycles. The van der Waals surface area contributed by atoms with Crippen LogP contribution < -0.4 is 16.4 Å². The number of hydrogen-bond donors (Lipinski definition) is 3. The molecule has 8 nitrogen and oxygen atoms in total. The van der Waals surface area contributed by atoms with Crippen molar-refractivity contribution in [1.82, 2.24) is 14.9 Å². The first-order valence-electron chi connectivity index (χ1n) is 10.3. The summed E-state index contributed by atoms with van der Waals surface area (Å²) in [6, 6.07) is 3.35. The number of aliphatic hydroxyl groups is 1. The van der Waals surface area contributed by atoms with Crippen molar-refractivity contribution in [3.63, 3.8) is 0 Å². The monoisotopic (exact) mass is 400 g/mol. The maximum absolute atomic E-state index is 12.5. The first-order chi connectivity index (χ1) is 13.9. The van der Waals surface area contributed by atoms with Gasteiger partial charge in [0.15, 0.2) is 0 Å². The molecule has 0 saturated carbocycles. The van der Waals surface area contributed by atoms with E-state index in [2.05, 4.69) is 14.9 Å². The second kappa shape index (κ2) is 9.47. The van der Waals surface area contributed by atoms with Gasteiger partial charge in [0.2, 0.25) is 5.91 Å². The normalized spacial score (nSPS) is 17.3. The molecule has 0 spiro atoms. The van der Waals surface area contributed by atoms with E-state index in [1.807, 2.05) is 18.3 Å². The summed E-state index contributed by atoms with van der Waals surface area (Å²) in [6.07, 6.45) is 8.86. The Labute approximate surface area is 171 Å². The highest BCUT2D eigenvalue weighted by molar-refractivity contribution is 5.90. The van der Waals surface area contributed by atoms with E-state index >= 15 is 0 Å². The van der Waals surface area contributed by atoms with Crippen LogP contribution in [0, 0.1) is 0 Å². The van der Waals surface area contributed by atoms with E-state index in [9.17, 15) is 9.90 Å². The molecular weight excluding hydrogens is 368 g/mol. The van der Waals surface area contributed by atoms with E-state index in [0.717, 1.165) is 29.4 Å². The van der Waals surface area contributed by atoms with Gasteiger partial charge in [0.25, 0.3) is 0 Å². The topological polar surface area (TPSA) is 122 Å². The molecule has 0 aromatic carbocycles. The number of rotatable bonds is 8. The van der Waals surface area contributed by atoms with Gasteiger partial charge < -0.3 is 26.4 Å². The number of unbranched alkanes of at least 4 members (excludes halogenated alkanes) is 1. The summed E-state index contributed by atoms with van der Waals surface area (Å²) >= 11 is 0. The van der Waals surface area contributed by atoms with Crippen LogP contribution in [0.15, 0.2) is 30.7 Å². The first kappa shape index (κ1) is 21.4. The van der Waals surface area contributed by atoms with Gasteiger partial charge in [-0.3, -0.25) is 14.8 Å². The van der Waals surface area contributed by atoms with E-state index < -0.39 is 11.6 Å². The minimum atomic E-state index is -0.904. The van der Waals surface area contributed by atoms with Crippen molar-refractivity contribution >= 4 is 22.5 Å². The molecule has 8 heteroatoms. The Bertz CT molecular complexity index is 816. The lowest BCUT2D eigenvalue weighted by molar-refractivity contribution is -0.135. The van der Waals surface area contributed by atoms with E-state index in [-0.39, 0.29) is 5.91 Å². The predicted molar refractivity (Wildman–Crippen MR) is 114 cm³/mol.